The van der Waals surface area contributed by atoms with Crippen LogP contribution < -0.4 is 0 Å². The average molecular weight is 269 g/mol. The molecule has 0 spiro atoms. The molecular formula is C14H12Y-2. The second-order valence-electron chi connectivity index (χ2n) is 3.28. The Kier molecular flexibility index (Phi) is 5.82. The minimum Gasteiger partial charge on any atom is -0.180 e. The van der Waals surface area contributed by atoms with E-state index in [1.54, 1.807) is 0 Å². The third-order valence-corrected chi connectivity index (χ3v) is 2.21. The van der Waals surface area contributed by atoms with Gasteiger partial charge in [-0.05, 0) is 12.8 Å². The molecule has 0 aliphatic carbocycles. The maximum absolute atomic E-state index is 3.22. The molecular weight excluding hydrogens is 257 g/mol. The van der Waals surface area contributed by atoms with Crippen LogP contribution in [-0.4, -0.2) is 0 Å². The summed E-state index contributed by atoms with van der Waals surface area (Å²) in [6.07, 6.45) is 2.09. The molecule has 0 unspecified atom stereocenters. The van der Waals surface area contributed by atoms with E-state index >= 15 is 0 Å². The molecule has 0 saturated carbocycles. The van der Waals surface area contributed by atoms with Crippen LogP contribution in [0.3, 0.4) is 0 Å². The second kappa shape index (κ2) is 6.92. The molecule has 0 aliphatic heterocycles. The summed E-state index contributed by atoms with van der Waals surface area (Å²) < 4.78 is 0. The van der Waals surface area contributed by atoms with Gasteiger partial charge in [-0.3, -0.25) is 0 Å². The van der Waals surface area contributed by atoms with Crippen LogP contribution in [-0.2, 0) is 45.6 Å². The smallest absolute Gasteiger partial charge is 0 e. The van der Waals surface area contributed by atoms with Gasteiger partial charge in [0.05, 0.1) is 0 Å². The van der Waals surface area contributed by atoms with E-state index in [4.69, 9.17) is 0 Å². The van der Waals surface area contributed by atoms with Crippen LogP contribution in [0.5, 0.6) is 0 Å². The van der Waals surface area contributed by atoms with E-state index in [1.165, 1.54) is 11.1 Å². The minimum atomic E-state index is 0. The number of rotatable bonds is 3. The Balaban J connectivity index is 0.00000112. The Bertz CT molecular complexity index is 328. The van der Waals surface area contributed by atoms with E-state index in [2.05, 4.69) is 36.4 Å². The molecule has 1 radical (unpaired) electrons. The van der Waals surface area contributed by atoms with Gasteiger partial charge in [-0.25, -0.2) is 0 Å². The van der Waals surface area contributed by atoms with Crippen molar-refractivity contribution in [1.82, 2.24) is 0 Å². The number of benzene rings is 2. The van der Waals surface area contributed by atoms with E-state index in [1.807, 2.05) is 24.3 Å². The summed E-state index contributed by atoms with van der Waals surface area (Å²) in [5, 5.41) is 0. The molecule has 0 heterocycles. The van der Waals surface area contributed by atoms with Crippen LogP contribution >= 0.6 is 0 Å². The number of aryl methyl sites for hydroxylation is 2. The third-order valence-electron chi connectivity index (χ3n) is 2.21. The van der Waals surface area contributed by atoms with Crippen molar-refractivity contribution in [2.24, 2.45) is 0 Å². The first-order valence-corrected chi connectivity index (χ1v) is 4.86. The van der Waals surface area contributed by atoms with E-state index in [-0.39, 0.29) is 32.7 Å². The molecule has 1 heteroatoms. The fraction of sp³-hybridized carbons (Fsp3) is 0.143. The zero-order valence-electron chi connectivity index (χ0n) is 8.61. The molecule has 0 amide bonds. The van der Waals surface area contributed by atoms with Gasteiger partial charge in [-0.2, -0.15) is 71.8 Å². The average Bonchev–Trinajstić information content (AvgIpc) is 2.29. The molecule has 0 saturated heterocycles. The van der Waals surface area contributed by atoms with Gasteiger partial charge < -0.3 is 0 Å². The first-order valence-electron chi connectivity index (χ1n) is 4.86. The number of hydrogen-bond acceptors (Lipinski definition) is 0. The normalized spacial score (nSPS) is 9.33. The van der Waals surface area contributed by atoms with Gasteiger partial charge in [0.2, 0.25) is 0 Å². The van der Waals surface area contributed by atoms with E-state index in [0.717, 1.165) is 12.8 Å². The van der Waals surface area contributed by atoms with Crippen LogP contribution in [0.2, 0.25) is 0 Å². The van der Waals surface area contributed by atoms with Crippen LogP contribution in [0.1, 0.15) is 11.1 Å². The van der Waals surface area contributed by atoms with Gasteiger partial charge in [0.1, 0.15) is 0 Å². The SMILES string of the molecule is [Y].[c-]1ccccc1CCc1[c-]cccc1. The summed E-state index contributed by atoms with van der Waals surface area (Å²) in [6.45, 7) is 0. The van der Waals surface area contributed by atoms with Gasteiger partial charge >= 0.3 is 0 Å². The predicted octanol–water partition coefficient (Wildman–Crippen LogP) is 3.07. The monoisotopic (exact) mass is 269 g/mol. The molecule has 0 aromatic heterocycles. The zero-order chi connectivity index (χ0) is 9.64. The van der Waals surface area contributed by atoms with Crippen molar-refractivity contribution < 1.29 is 32.7 Å². The summed E-state index contributed by atoms with van der Waals surface area (Å²) in [4.78, 5) is 0. The Morgan fingerprint density at radius 3 is 1.53 bits per heavy atom. The maximum Gasteiger partial charge on any atom is 0 e. The van der Waals surface area contributed by atoms with Crippen LogP contribution in [0.15, 0.2) is 48.5 Å². The van der Waals surface area contributed by atoms with Crippen molar-refractivity contribution in [1.29, 1.82) is 0 Å². The van der Waals surface area contributed by atoms with Gasteiger partial charge in [0.15, 0.2) is 0 Å². The molecule has 0 nitrogen and oxygen atoms in total. The van der Waals surface area contributed by atoms with E-state index in [9.17, 15) is 0 Å². The van der Waals surface area contributed by atoms with Crippen molar-refractivity contribution in [3.05, 3.63) is 71.8 Å². The first kappa shape index (κ1) is 12.6. The van der Waals surface area contributed by atoms with Gasteiger partial charge in [0, 0.05) is 32.7 Å². The standard InChI is InChI=1S/C14H12.Y/c1-3-7-13(8-4-1)11-12-14-9-5-2-6-10-14;/h1-7,9H,11-12H2;/q-2;. The summed E-state index contributed by atoms with van der Waals surface area (Å²) in [6, 6.07) is 22.7. The van der Waals surface area contributed by atoms with E-state index < -0.39 is 0 Å². The molecule has 15 heavy (non-hydrogen) atoms. The van der Waals surface area contributed by atoms with Crippen LogP contribution in [0.25, 0.3) is 0 Å². The molecule has 0 N–H and O–H groups in total. The minimum absolute atomic E-state index is 0. The molecule has 0 fully saturated rings. The summed E-state index contributed by atoms with van der Waals surface area (Å²) in [5.41, 5.74) is 2.54. The van der Waals surface area contributed by atoms with Crippen molar-refractivity contribution in [3.8, 4) is 0 Å². The van der Waals surface area contributed by atoms with Crippen molar-refractivity contribution in [2.75, 3.05) is 0 Å². The predicted molar refractivity (Wildman–Crippen MR) is 58.0 cm³/mol. The van der Waals surface area contributed by atoms with Crippen molar-refractivity contribution in [3.63, 3.8) is 0 Å². The maximum atomic E-state index is 3.22. The van der Waals surface area contributed by atoms with Gasteiger partial charge in [-0.1, -0.05) is 0 Å². The second-order valence-corrected chi connectivity index (χ2v) is 3.28. The Morgan fingerprint density at radius 2 is 1.20 bits per heavy atom. The molecule has 0 atom stereocenters. The van der Waals surface area contributed by atoms with Gasteiger partial charge in [-0.15, -0.1) is 0 Å². The molecule has 73 valence electrons. The Morgan fingerprint density at radius 1 is 0.733 bits per heavy atom. The fourth-order valence-electron chi connectivity index (χ4n) is 1.44. The largest absolute Gasteiger partial charge is 0.180 e. The van der Waals surface area contributed by atoms with Gasteiger partial charge in [0.25, 0.3) is 0 Å². The van der Waals surface area contributed by atoms with Crippen LogP contribution in [0, 0.1) is 12.1 Å². The first-order chi connectivity index (χ1) is 6.95. The molecule has 0 bridgehead atoms. The molecule has 2 aromatic rings. The van der Waals surface area contributed by atoms with E-state index in [0.29, 0.717) is 0 Å². The van der Waals surface area contributed by atoms with Crippen LogP contribution in [0.4, 0.5) is 0 Å². The topological polar surface area (TPSA) is 0 Å². The number of hydrogen-bond donors (Lipinski definition) is 0. The summed E-state index contributed by atoms with van der Waals surface area (Å²) >= 11 is 0. The zero-order valence-corrected chi connectivity index (χ0v) is 11.4. The fourth-order valence-corrected chi connectivity index (χ4v) is 1.44. The summed E-state index contributed by atoms with van der Waals surface area (Å²) in [5.74, 6) is 0. The third kappa shape index (κ3) is 4.28. The Labute approximate surface area is 117 Å². The van der Waals surface area contributed by atoms with Crippen molar-refractivity contribution in [2.45, 2.75) is 12.8 Å². The summed E-state index contributed by atoms with van der Waals surface area (Å²) in [7, 11) is 0. The molecule has 2 aromatic carbocycles. The van der Waals surface area contributed by atoms with Crippen molar-refractivity contribution >= 4 is 0 Å². The quantitative estimate of drug-likeness (QED) is 0.751. The Hall–Kier alpha value is -0.456. The molecule has 0 aliphatic rings. The molecule has 2 rings (SSSR count).